The lowest BCUT2D eigenvalue weighted by atomic mass is 10.1. The molecule has 1 aromatic carbocycles. The van der Waals surface area contributed by atoms with E-state index in [0.29, 0.717) is 5.92 Å². The maximum Gasteiger partial charge on any atom is 0.0862 e. The molecule has 1 heterocycles. The van der Waals surface area contributed by atoms with Crippen molar-refractivity contribution in [3.8, 4) is 0 Å². The van der Waals surface area contributed by atoms with Gasteiger partial charge in [-0.1, -0.05) is 23.7 Å². The number of benzene rings is 1. The van der Waals surface area contributed by atoms with E-state index in [2.05, 4.69) is 20.9 Å². The third-order valence-electron chi connectivity index (χ3n) is 2.76. The zero-order chi connectivity index (χ0) is 10.4. The molecule has 0 radical (unpaired) electrons. The molecule has 0 saturated heterocycles. The maximum atomic E-state index is 6.25. The van der Waals surface area contributed by atoms with Crippen molar-refractivity contribution in [1.29, 1.82) is 0 Å². The Morgan fingerprint density at radius 2 is 2.13 bits per heavy atom. The molecule has 0 atom stereocenters. The van der Waals surface area contributed by atoms with E-state index in [1.54, 1.807) is 0 Å². The Labute approximate surface area is 102 Å². The van der Waals surface area contributed by atoms with E-state index in [0.717, 1.165) is 26.1 Å². The summed E-state index contributed by atoms with van der Waals surface area (Å²) < 4.78 is 1.02. The Morgan fingerprint density at radius 3 is 2.87 bits per heavy atom. The highest BCUT2D eigenvalue weighted by atomic mass is 79.9. The summed E-state index contributed by atoms with van der Waals surface area (Å²) in [5, 5.41) is 1.83. The summed E-state index contributed by atoms with van der Waals surface area (Å²) in [6.07, 6.45) is 2.50. The van der Waals surface area contributed by atoms with Crippen LogP contribution in [0.4, 0.5) is 0 Å². The van der Waals surface area contributed by atoms with E-state index >= 15 is 0 Å². The second-order valence-corrected chi connectivity index (χ2v) is 5.20. The summed E-state index contributed by atoms with van der Waals surface area (Å²) in [5.74, 6) is 0.638. The van der Waals surface area contributed by atoms with E-state index in [4.69, 9.17) is 11.6 Å². The number of pyridine rings is 1. The lowest BCUT2D eigenvalue weighted by Crippen LogP contribution is -1.89. The smallest absolute Gasteiger partial charge is 0.0862 e. The minimum Gasteiger partial charge on any atom is -0.251 e. The Morgan fingerprint density at radius 1 is 1.33 bits per heavy atom. The topological polar surface area (TPSA) is 12.9 Å². The molecule has 1 aromatic heterocycles. The van der Waals surface area contributed by atoms with Gasteiger partial charge in [0.2, 0.25) is 0 Å². The first-order valence-corrected chi connectivity index (χ1v) is 6.17. The monoisotopic (exact) mass is 281 g/mol. The van der Waals surface area contributed by atoms with E-state index in [1.807, 2.05) is 24.3 Å². The lowest BCUT2D eigenvalue weighted by molar-refractivity contribution is 1.04. The number of nitrogens with zero attached hydrogens (tertiary/aromatic N) is 1. The van der Waals surface area contributed by atoms with Crippen LogP contribution in [0.5, 0.6) is 0 Å². The molecule has 0 amide bonds. The third-order valence-corrected chi connectivity index (χ3v) is 3.71. The molecular formula is C12H9BrClN. The molecule has 0 unspecified atom stereocenters. The summed E-state index contributed by atoms with van der Waals surface area (Å²) in [7, 11) is 0. The van der Waals surface area contributed by atoms with Crippen LogP contribution < -0.4 is 0 Å². The number of aromatic nitrogens is 1. The fourth-order valence-corrected chi connectivity index (χ4v) is 2.50. The van der Waals surface area contributed by atoms with Crippen LogP contribution in [0.2, 0.25) is 5.02 Å². The van der Waals surface area contributed by atoms with Crippen LogP contribution in [0, 0.1) is 0 Å². The zero-order valence-corrected chi connectivity index (χ0v) is 10.3. The van der Waals surface area contributed by atoms with Gasteiger partial charge >= 0.3 is 0 Å². The van der Waals surface area contributed by atoms with Crippen molar-refractivity contribution in [2.24, 2.45) is 0 Å². The van der Waals surface area contributed by atoms with Gasteiger partial charge in [-0.2, -0.15) is 0 Å². The van der Waals surface area contributed by atoms with E-state index < -0.39 is 0 Å². The number of hydrogen-bond donors (Lipinski definition) is 0. The van der Waals surface area contributed by atoms with Crippen molar-refractivity contribution in [3.05, 3.63) is 39.5 Å². The Hall–Kier alpha value is -0.600. The van der Waals surface area contributed by atoms with Crippen LogP contribution in [0.1, 0.15) is 24.5 Å². The molecule has 15 heavy (non-hydrogen) atoms. The van der Waals surface area contributed by atoms with Crippen LogP contribution in [0.3, 0.4) is 0 Å². The van der Waals surface area contributed by atoms with Crippen LogP contribution in [0.15, 0.2) is 28.7 Å². The van der Waals surface area contributed by atoms with Gasteiger partial charge in [0.05, 0.1) is 10.5 Å². The quantitative estimate of drug-likeness (QED) is 0.749. The molecule has 1 aliphatic rings. The van der Waals surface area contributed by atoms with E-state index in [-0.39, 0.29) is 0 Å². The average molecular weight is 283 g/mol. The Bertz CT molecular complexity index is 534. The molecule has 0 spiro atoms. The van der Waals surface area contributed by atoms with Crippen molar-refractivity contribution in [2.75, 3.05) is 0 Å². The minimum atomic E-state index is 0.638. The Kier molecular flexibility index (Phi) is 2.22. The van der Waals surface area contributed by atoms with Gasteiger partial charge in [0, 0.05) is 21.5 Å². The fraction of sp³-hybridized carbons (Fsp3) is 0.250. The molecule has 0 bridgehead atoms. The van der Waals surface area contributed by atoms with Crippen LogP contribution >= 0.6 is 27.5 Å². The van der Waals surface area contributed by atoms with Gasteiger partial charge < -0.3 is 0 Å². The second-order valence-electron chi connectivity index (χ2n) is 3.94. The minimum absolute atomic E-state index is 0.638. The van der Waals surface area contributed by atoms with Gasteiger partial charge in [-0.3, -0.25) is 4.98 Å². The highest BCUT2D eigenvalue weighted by molar-refractivity contribution is 9.10. The van der Waals surface area contributed by atoms with Gasteiger partial charge in [-0.15, -0.1) is 0 Å². The van der Waals surface area contributed by atoms with Crippen LogP contribution in [-0.4, -0.2) is 4.98 Å². The largest absolute Gasteiger partial charge is 0.251 e. The SMILES string of the molecule is Clc1cc(C2CC2)nc2c(Br)cccc12. The number of halogens is 2. The molecule has 3 rings (SSSR count). The van der Waals surface area contributed by atoms with Gasteiger partial charge in [0.15, 0.2) is 0 Å². The van der Waals surface area contributed by atoms with Crippen molar-refractivity contribution in [3.63, 3.8) is 0 Å². The van der Waals surface area contributed by atoms with Crippen LogP contribution in [0.25, 0.3) is 10.9 Å². The summed E-state index contributed by atoms with van der Waals surface area (Å²) in [6, 6.07) is 8.00. The standard InChI is InChI=1S/C12H9BrClN/c13-9-3-1-2-8-10(14)6-11(7-4-5-7)15-12(8)9/h1-3,6-7H,4-5H2. The normalized spacial score (nSPS) is 15.9. The third kappa shape index (κ3) is 1.66. The molecule has 0 N–H and O–H groups in total. The van der Waals surface area contributed by atoms with Crippen molar-refractivity contribution < 1.29 is 0 Å². The molecule has 1 aliphatic carbocycles. The summed E-state index contributed by atoms with van der Waals surface area (Å²) in [6.45, 7) is 0. The second kappa shape index (κ2) is 3.46. The van der Waals surface area contributed by atoms with Crippen molar-refractivity contribution in [1.82, 2.24) is 4.98 Å². The maximum absolute atomic E-state index is 6.25. The van der Waals surface area contributed by atoms with Crippen LogP contribution in [-0.2, 0) is 0 Å². The first kappa shape index (κ1) is 9.61. The van der Waals surface area contributed by atoms with Gasteiger partial charge in [0.1, 0.15) is 0 Å². The molecule has 0 aliphatic heterocycles. The summed E-state index contributed by atoms with van der Waals surface area (Å²) in [5.41, 5.74) is 2.12. The molecule has 1 saturated carbocycles. The van der Waals surface area contributed by atoms with Crippen molar-refractivity contribution >= 4 is 38.4 Å². The average Bonchev–Trinajstić information content (AvgIpc) is 3.02. The van der Waals surface area contributed by atoms with Crippen molar-refractivity contribution in [2.45, 2.75) is 18.8 Å². The highest BCUT2D eigenvalue weighted by Gasteiger charge is 2.25. The Balaban J connectivity index is 2.32. The summed E-state index contributed by atoms with van der Waals surface area (Å²) in [4.78, 5) is 4.67. The molecule has 2 aromatic rings. The zero-order valence-electron chi connectivity index (χ0n) is 8.00. The summed E-state index contributed by atoms with van der Waals surface area (Å²) >= 11 is 9.76. The molecule has 76 valence electrons. The van der Waals surface area contributed by atoms with Gasteiger partial charge in [-0.05, 0) is 40.9 Å². The lowest BCUT2D eigenvalue weighted by Gasteiger charge is -2.05. The van der Waals surface area contributed by atoms with Gasteiger partial charge in [-0.25, -0.2) is 0 Å². The predicted molar refractivity (Wildman–Crippen MR) is 66.4 cm³/mol. The number of rotatable bonds is 1. The molecule has 1 fully saturated rings. The molecular weight excluding hydrogens is 273 g/mol. The number of para-hydroxylation sites is 1. The number of fused-ring (bicyclic) bond motifs is 1. The van der Waals surface area contributed by atoms with Gasteiger partial charge in [0.25, 0.3) is 0 Å². The first-order chi connectivity index (χ1) is 7.25. The molecule has 3 heteroatoms. The predicted octanol–water partition coefficient (Wildman–Crippen LogP) is 4.53. The first-order valence-electron chi connectivity index (χ1n) is 5.00. The highest BCUT2D eigenvalue weighted by Crippen LogP contribution is 2.41. The van der Waals surface area contributed by atoms with E-state index in [1.165, 1.54) is 12.8 Å². The number of hydrogen-bond acceptors (Lipinski definition) is 1. The van der Waals surface area contributed by atoms with E-state index in [9.17, 15) is 0 Å². The molecule has 1 nitrogen and oxygen atoms in total. The fourth-order valence-electron chi connectivity index (χ4n) is 1.78.